The fraction of sp³-hybridized carbons (Fsp3) is 1.00. The molecule has 0 bridgehead atoms. The standard InChI is InChI=1S/C12H26N2OS/c1-5-12(8-13,9-15-4)14-6-10(2)16-11(3)7-14/h10-11H,5-9,13H2,1-4H3. The molecule has 1 rings (SSSR count). The first kappa shape index (κ1) is 14.3. The molecule has 0 aromatic heterocycles. The topological polar surface area (TPSA) is 38.5 Å². The Morgan fingerprint density at radius 2 is 1.94 bits per heavy atom. The number of rotatable bonds is 5. The smallest absolute Gasteiger partial charge is 0.0658 e. The van der Waals surface area contributed by atoms with Gasteiger partial charge in [-0.25, -0.2) is 0 Å². The van der Waals surface area contributed by atoms with Crippen molar-refractivity contribution < 1.29 is 4.74 Å². The number of hydrogen-bond acceptors (Lipinski definition) is 4. The maximum Gasteiger partial charge on any atom is 0.0658 e. The highest BCUT2D eigenvalue weighted by atomic mass is 32.2. The lowest BCUT2D eigenvalue weighted by Crippen LogP contribution is -2.60. The lowest BCUT2D eigenvalue weighted by Gasteiger charge is -2.47. The van der Waals surface area contributed by atoms with E-state index < -0.39 is 0 Å². The Labute approximate surface area is 104 Å². The minimum Gasteiger partial charge on any atom is -0.383 e. The van der Waals surface area contributed by atoms with Gasteiger partial charge in [0.25, 0.3) is 0 Å². The summed E-state index contributed by atoms with van der Waals surface area (Å²) in [7, 11) is 1.77. The van der Waals surface area contributed by atoms with Gasteiger partial charge in [0.15, 0.2) is 0 Å². The van der Waals surface area contributed by atoms with Gasteiger partial charge in [-0.3, -0.25) is 4.90 Å². The van der Waals surface area contributed by atoms with Crippen LogP contribution in [0.25, 0.3) is 0 Å². The maximum atomic E-state index is 6.00. The number of nitrogens with zero attached hydrogens (tertiary/aromatic N) is 1. The van der Waals surface area contributed by atoms with E-state index in [1.807, 2.05) is 0 Å². The molecule has 3 unspecified atom stereocenters. The van der Waals surface area contributed by atoms with Crippen molar-refractivity contribution in [1.82, 2.24) is 4.90 Å². The first-order valence-electron chi connectivity index (χ1n) is 6.17. The Kier molecular flexibility index (Phi) is 5.57. The summed E-state index contributed by atoms with van der Waals surface area (Å²) >= 11 is 2.08. The van der Waals surface area contributed by atoms with Gasteiger partial charge < -0.3 is 10.5 Å². The van der Waals surface area contributed by atoms with Gasteiger partial charge in [-0.05, 0) is 6.42 Å². The van der Waals surface area contributed by atoms with Crippen LogP contribution in [0.5, 0.6) is 0 Å². The summed E-state index contributed by atoms with van der Waals surface area (Å²) in [5, 5.41) is 1.39. The molecule has 0 aromatic rings. The second kappa shape index (κ2) is 6.24. The summed E-state index contributed by atoms with van der Waals surface area (Å²) in [4.78, 5) is 2.54. The molecule has 0 aromatic carbocycles. The van der Waals surface area contributed by atoms with E-state index in [0.717, 1.165) is 26.1 Å². The summed E-state index contributed by atoms with van der Waals surface area (Å²) in [6.45, 7) is 10.5. The van der Waals surface area contributed by atoms with Crippen LogP contribution in [0.3, 0.4) is 0 Å². The number of nitrogens with two attached hydrogens (primary N) is 1. The van der Waals surface area contributed by atoms with Crippen LogP contribution in [-0.4, -0.2) is 54.3 Å². The summed E-state index contributed by atoms with van der Waals surface area (Å²) < 4.78 is 5.38. The number of thioether (sulfide) groups is 1. The monoisotopic (exact) mass is 246 g/mol. The molecule has 2 N–H and O–H groups in total. The minimum atomic E-state index is 0.0399. The van der Waals surface area contributed by atoms with E-state index in [9.17, 15) is 0 Å². The van der Waals surface area contributed by atoms with Crippen LogP contribution in [0.2, 0.25) is 0 Å². The van der Waals surface area contributed by atoms with E-state index in [-0.39, 0.29) is 5.54 Å². The molecule has 1 saturated heterocycles. The van der Waals surface area contributed by atoms with Gasteiger partial charge in [-0.1, -0.05) is 20.8 Å². The largest absolute Gasteiger partial charge is 0.383 e. The van der Waals surface area contributed by atoms with Crippen molar-refractivity contribution in [2.24, 2.45) is 5.73 Å². The van der Waals surface area contributed by atoms with Crippen molar-refractivity contribution in [3.63, 3.8) is 0 Å². The van der Waals surface area contributed by atoms with Crippen LogP contribution in [0.1, 0.15) is 27.2 Å². The van der Waals surface area contributed by atoms with Gasteiger partial charge in [-0.15, -0.1) is 0 Å². The number of ether oxygens (including phenoxy) is 1. The molecule has 0 amide bonds. The number of hydrogen-bond donors (Lipinski definition) is 1. The quantitative estimate of drug-likeness (QED) is 0.799. The molecular formula is C12H26N2OS. The van der Waals surface area contributed by atoms with Gasteiger partial charge in [0.2, 0.25) is 0 Å². The second-order valence-corrected chi connectivity index (χ2v) is 6.76. The van der Waals surface area contributed by atoms with Crippen molar-refractivity contribution >= 4 is 11.8 Å². The van der Waals surface area contributed by atoms with Gasteiger partial charge in [0.1, 0.15) is 0 Å². The molecule has 3 atom stereocenters. The highest BCUT2D eigenvalue weighted by molar-refractivity contribution is 8.00. The van der Waals surface area contributed by atoms with Crippen LogP contribution in [0.15, 0.2) is 0 Å². The third-order valence-electron chi connectivity index (χ3n) is 3.54. The fourth-order valence-electron chi connectivity index (χ4n) is 2.58. The Balaban J connectivity index is 2.76. The van der Waals surface area contributed by atoms with E-state index in [2.05, 4.69) is 37.4 Å². The highest BCUT2D eigenvalue weighted by Gasteiger charge is 2.37. The Morgan fingerprint density at radius 1 is 1.38 bits per heavy atom. The third-order valence-corrected chi connectivity index (χ3v) is 4.77. The molecule has 1 fully saturated rings. The molecule has 1 aliphatic heterocycles. The van der Waals surface area contributed by atoms with Crippen LogP contribution in [0.4, 0.5) is 0 Å². The molecule has 0 saturated carbocycles. The van der Waals surface area contributed by atoms with Gasteiger partial charge >= 0.3 is 0 Å². The number of methoxy groups -OCH3 is 1. The molecule has 16 heavy (non-hydrogen) atoms. The zero-order valence-electron chi connectivity index (χ0n) is 11.0. The SMILES string of the molecule is CCC(CN)(COC)N1CC(C)SC(C)C1. The molecule has 0 spiro atoms. The Bertz CT molecular complexity index is 199. The van der Waals surface area contributed by atoms with E-state index >= 15 is 0 Å². The van der Waals surface area contributed by atoms with E-state index in [1.54, 1.807) is 7.11 Å². The van der Waals surface area contributed by atoms with Crippen molar-refractivity contribution in [3.05, 3.63) is 0 Å². The highest BCUT2D eigenvalue weighted by Crippen LogP contribution is 2.30. The van der Waals surface area contributed by atoms with Crippen LogP contribution in [0, 0.1) is 0 Å². The van der Waals surface area contributed by atoms with Crippen molar-refractivity contribution in [2.75, 3.05) is 33.4 Å². The molecule has 96 valence electrons. The van der Waals surface area contributed by atoms with E-state index in [0.29, 0.717) is 17.0 Å². The van der Waals surface area contributed by atoms with Crippen LogP contribution in [-0.2, 0) is 4.74 Å². The van der Waals surface area contributed by atoms with Crippen molar-refractivity contribution in [2.45, 2.75) is 43.2 Å². The van der Waals surface area contributed by atoms with Crippen molar-refractivity contribution in [1.29, 1.82) is 0 Å². The molecule has 1 aliphatic rings. The molecule has 4 heteroatoms. The average molecular weight is 246 g/mol. The minimum absolute atomic E-state index is 0.0399. The zero-order chi connectivity index (χ0) is 12.2. The zero-order valence-corrected chi connectivity index (χ0v) is 11.8. The molecule has 0 aliphatic carbocycles. The molecule has 1 heterocycles. The molecular weight excluding hydrogens is 220 g/mol. The average Bonchev–Trinajstić information content (AvgIpc) is 2.24. The Morgan fingerprint density at radius 3 is 2.31 bits per heavy atom. The normalized spacial score (nSPS) is 31.3. The maximum absolute atomic E-state index is 6.00. The summed E-state index contributed by atoms with van der Waals surface area (Å²) in [5.74, 6) is 0. The third kappa shape index (κ3) is 3.13. The van der Waals surface area contributed by atoms with Gasteiger partial charge in [0.05, 0.1) is 12.1 Å². The van der Waals surface area contributed by atoms with Gasteiger partial charge in [-0.2, -0.15) is 11.8 Å². The first-order valence-corrected chi connectivity index (χ1v) is 7.11. The lowest BCUT2D eigenvalue weighted by atomic mass is 9.94. The second-order valence-electron chi connectivity index (χ2n) is 4.88. The van der Waals surface area contributed by atoms with Crippen molar-refractivity contribution in [3.8, 4) is 0 Å². The predicted molar refractivity (Wildman–Crippen MR) is 72.0 cm³/mol. The Hall–Kier alpha value is 0.230. The van der Waals surface area contributed by atoms with E-state index in [4.69, 9.17) is 10.5 Å². The predicted octanol–water partition coefficient (Wildman–Crippen LogP) is 1.57. The molecule has 0 radical (unpaired) electrons. The fourth-order valence-corrected chi connectivity index (χ4v) is 3.91. The van der Waals surface area contributed by atoms with E-state index in [1.165, 1.54) is 0 Å². The lowest BCUT2D eigenvalue weighted by molar-refractivity contribution is 0.0108. The van der Waals surface area contributed by atoms with Crippen LogP contribution < -0.4 is 5.73 Å². The summed E-state index contributed by atoms with van der Waals surface area (Å²) in [6, 6.07) is 0. The summed E-state index contributed by atoms with van der Waals surface area (Å²) in [5.41, 5.74) is 6.04. The molecule has 3 nitrogen and oxygen atoms in total. The van der Waals surface area contributed by atoms with Gasteiger partial charge in [0, 0.05) is 37.2 Å². The summed E-state index contributed by atoms with van der Waals surface area (Å²) in [6.07, 6.45) is 1.06. The first-order chi connectivity index (χ1) is 7.57. The van der Waals surface area contributed by atoms with Crippen LogP contribution >= 0.6 is 11.8 Å².